The van der Waals surface area contributed by atoms with Crippen LogP contribution in [0, 0.1) is 6.92 Å². The van der Waals surface area contributed by atoms with E-state index in [1.54, 1.807) is 6.20 Å². The van der Waals surface area contributed by atoms with E-state index in [2.05, 4.69) is 4.98 Å². The third kappa shape index (κ3) is 1.75. The molecular formula is C10H9NO2S. The molecule has 0 fully saturated rings. The molecule has 0 aromatic carbocycles. The van der Waals surface area contributed by atoms with Gasteiger partial charge in [-0.25, -0.2) is 4.98 Å². The molecule has 0 aliphatic heterocycles. The Kier molecular flexibility index (Phi) is 2.45. The predicted molar refractivity (Wildman–Crippen MR) is 54.3 cm³/mol. The van der Waals surface area contributed by atoms with E-state index in [1.165, 1.54) is 11.3 Å². The number of carbonyl (C=O) groups is 1. The van der Waals surface area contributed by atoms with Crippen molar-refractivity contribution in [3.8, 4) is 10.8 Å². The lowest BCUT2D eigenvalue weighted by Crippen LogP contribution is -1.76. The lowest BCUT2D eigenvalue weighted by atomic mass is 10.4. The maximum atomic E-state index is 10.3. The second-order valence-corrected chi connectivity index (χ2v) is 4.03. The van der Waals surface area contributed by atoms with Crippen LogP contribution in [0.5, 0.6) is 0 Å². The zero-order valence-corrected chi connectivity index (χ0v) is 8.50. The largest absolute Gasteiger partial charge is 0.459 e. The summed E-state index contributed by atoms with van der Waals surface area (Å²) in [5.74, 6) is 1.64. The van der Waals surface area contributed by atoms with Gasteiger partial charge in [0.15, 0.2) is 10.8 Å². The Morgan fingerprint density at radius 3 is 3.07 bits per heavy atom. The van der Waals surface area contributed by atoms with Gasteiger partial charge in [-0.15, -0.1) is 11.3 Å². The standard InChI is InChI=1S/C10H9NO2S/c1-7-2-3-9(13-7)10-11-6-8(14-10)4-5-12/h2-3,5-6H,4H2,1H3. The number of furan rings is 1. The summed E-state index contributed by atoms with van der Waals surface area (Å²) in [6, 6.07) is 3.79. The molecule has 2 aromatic heterocycles. The highest BCUT2D eigenvalue weighted by atomic mass is 32.1. The Bertz CT molecular complexity index is 444. The zero-order chi connectivity index (χ0) is 9.97. The van der Waals surface area contributed by atoms with Gasteiger partial charge in [0.1, 0.15) is 12.0 Å². The van der Waals surface area contributed by atoms with Crippen molar-refractivity contribution in [3.05, 3.63) is 29.0 Å². The number of carbonyl (C=O) groups excluding carboxylic acids is 1. The summed E-state index contributed by atoms with van der Waals surface area (Å²) in [6.45, 7) is 1.89. The van der Waals surface area contributed by atoms with Crippen LogP contribution in [-0.2, 0) is 11.2 Å². The number of aldehydes is 1. The van der Waals surface area contributed by atoms with Gasteiger partial charge in [0.05, 0.1) is 0 Å². The van der Waals surface area contributed by atoms with Gasteiger partial charge < -0.3 is 9.21 Å². The summed E-state index contributed by atoms with van der Waals surface area (Å²) in [7, 11) is 0. The van der Waals surface area contributed by atoms with Crippen LogP contribution in [0.2, 0.25) is 0 Å². The molecule has 72 valence electrons. The monoisotopic (exact) mass is 207 g/mol. The van der Waals surface area contributed by atoms with Gasteiger partial charge >= 0.3 is 0 Å². The number of hydrogen-bond acceptors (Lipinski definition) is 4. The molecule has 0 spiro atoms. The lowest BCUT2D eigenvalue weighted by Gasteiger charge is -1.87. The zero-order valence-electron chi connectivity index (χ0n) is 7.69. The molecular weight excluding hydrogens is 198 g/mol. The van der Waals surface area contributed by atoms with Crippen molar-refractivity contribution in [2.75, 3.05) is 0 Å². The molecule has 2 aromatic rings. The maximum absolute atomic E-state index is 10.3. The molecule has 0 atom stereocenters. The number of thiazole rings is 1. The molecule has 0 N–H and O–H groups in total. The lowest BCUT2D eigenvalue weighted by molar-refractivity contribution is -0.107. The normalized spacial score (nSPS) is 10.4. The molecule has 2 heterocycles. The number of aromatic nitrogens is 1. The van der Waals surface area contributed by atoms with Gasteiger partial charge in [0.25, 0.3) is 0 Å². The summed E-state index contributed by atoms with van der Waals surface area (Å²) in [5, 5.41) is 0.829. The first-order valence-electron chi connectivity index (χ1n) is 4.25. The third-order valence-corrected chi connectivity index (χ3v) is 2.82. The van der Waals surface area contributed by atoms with Crippen molar-refractivity contribution in [3.63, 3.8) is 0 Å². The van der Waals surface area contributed by atoms with Gasteiger partial charge in [0.2, 0.25) is 0 Å². The molecule has 0 aliphatic rings. The van der Waals surface area contributed by atoms with Crippen molar-refractivity contribution in [1.82, 2.24) is 4.98 Å². The van der Waals surface area contributed by atoms with Crippen molar-refractivity contribution in [2.24, 2.45) is 0 Å². The predicted octanol–water partition coefficient (Wildman–Crippen LogP) is 2.45. The number of hydrogen-bond donors (Lipinski definition) is 0. The molecule has 14 heavy (non-hydrogen) atoms. The average molecular weight is 207 g/mol. The van der Waals surface area contributed by atoms with E-state index in [4.69, 9.17) is 4.42 Å². The molecule has 0 saturated carbocycles. The minimum Gasteiger partial charge on any atom is -0.459 e. The molecule has 0 bridgehead atoms. The van der Waals surface area contributed by atoms with Gasteiger partial charge in [-0.3, -0.25) is 0 Å². The van der Waals surface area contributed by atoms with Crippen LogP contribution in [-0.4, -0.2) is 11.3 Å². The average Bonchev–Trinajstić information content (AvgIpc) is 2.74. The van der Waals surface area contributed by atoms with E-state index in [0.717, 1.165) is 27.7 Å². The highest BCUT2D eigenvalue weighted by molar-refractivity contribution is 7.15. The topological polar surface area (TPSA) is 43.1 Å². The highest BCUT2D eigenvalue weighted by Crippen LogP contribution is 2.26. The summed E-state index contributed by atoms with van der Waals surface area (Å²) >= 11 is 1.49. The van der Waals surface area contributed by atoms with E-state index in [1.807, 2.05) is 19.1 Å². The van der Waals surface area contributed by atoms with E-state index in [9.17, 15) is 4.79 Å². The molecule has 2 rings (SSSR count). The quantitative estimate of drug-likeness (QED) is 0.726. The van der Waals surface area contributed by atoms with Crippen LogP contribution in [0.3, 0.4) is 0 Å². The maximum Gasteiger partial charge on any atom is 0.162 e. The Morgan fingerprint density at radius 1 is 1.57 bits per heavy atom. The molecule has 3 nitrogen and oxygen atoms in total. The smallest absolute Gasteiger partial charge is 0.162 e. The second-order valence-electron chi connectivity index (χ2n) is 2.91. The Morgan fingerprint density at radius 2 is 2.43 bits per heavy atom. The fourth-order valence-corrected chi connectivity index (χ4v) is 1.97. The van der Waals surface area contributed by atoms with E-state index in [0.29, 0.717) is 6.42 Å². The number of nitrogens with zero attached hydrogens (tertiary/aromatic N) is 1. The van der Waals surface area contributed by atoms with Gasteiger partial charge in [-0.1, -0.05) is 0 Å². The highest BCUT2D eigenvalue weighted by Gasteiger charge is 2.07. The van der Waals surface area contributed by atoms with Gasteiger partial charge in [0, 0.05) is 17.5 Å². The minimum absolute atomic E-state index is 0.428. The molecule has 0 aliphatic carbocycles. The second kappa shape index (κ2) is 3.75. The van der Waals surface area contributed by atoms with Crippen molar-refractivity contribution in [2.45, 2.75) is 13.3 Å². The summed E-state index contributed by atoms with van der Waals surface area (Å²) in [4.78, 5) is 15.4. The first kappa shape index (κ1) is 9.15. The molecule has 0 saturated heterocycles. The van der Waals surface area contributed by atoms with E-state index in [-0.39, 0.29) is 0 Å². The van der Waals surface area contributed by atoms with Crippen LogP contribution in [0.25, 0.3) is 10.8 Å². The number of aryl methyl sites for hydroxylation is 1. The fourth-order valence-electron chi connectivity index (χ4n) is 1.15. The SMILES string of the molecule is Cc1ccc(-c2ncc(CC=O)s2)o1. The van der Waals surface area contributed by atoms with Crippen molar-refractivity contribution < 1.29 is 9.21 Å². The summed E-state index contributed by atoms with van der Waals surface area (Å²) < 4.78 is 5.42. The van der Waals surface area contributed by atoms with Crippen LogP contribution in [0.15, 0.2) is 22.7 Å². The van der Waals surface area contributed by atoms with Crippen LogP contribution < -0.4 is 0 Å². The van der Waals surface area contributed by atoms with Crippen LogP contribution >= 0.6 is 11.3 Å². The van der Waals surface area contributed by atoms with Gasteiger partial charge in [-0.2, -0.15) is 0 Å². The molecule has 0 amide bonds. The van der Waals surface area contributed by atoms with Crippen molar-refractivity contribution in [1.29, 1.82) is 0 Å². The fraction of sp³-hybridized carbons (Fsp3) is 0.200. The first-order chi connectivity index (χ1) is 6.79. The Balaban J connectivity index is 2.28. The first-order valence-corrected chi connectivity index (χ1v) is 5.06. The van der Waals surface area contributed by atoms with Crippen LogP contribution in [0.1, 0.15) is 10.6 Å². The van der Waals surface area contributed by atoms with E-state index < -0.39 is 0 Å². The molecule has 0 radical (unpaired) electrons. The third-order valence-electron chi connectivity index (χ3n) is 1.79. The Hall–Kier alpha value is -1.42. The minimum atomic E-state index is 0.428. The van der Waals surface area contributed by atoms with Crippen molar-refractivity contribution >= 4 is 17.6 Å². The molecule has 0 unspecified atom stereocenters. The van der Waals surface area contributed by atoms with Gasteiger partial charge in [-0.05, 0) is 19.1 Å². The number of rotatable bonds is 3. The molecule has 4 heteroatoms. The summed E-state index contributed by atoms with van der Waals surface area (Å²) in [5.41, 5.74) is 0. The Labute approximate surface area is 85.4 Å². The van der Waals surface area contributed by atoms with E-state index >= 15 is 0 Å². The van der Waals surface area contributed by atoms with Crippen LogP contribution in [0.4, 0.5) is 0 Å². The summed E-state index contributed by atoms with van der Waals surface area (Å²) in [6.07, 6.45) is 3.02.